The van der Waals surface area contributed by atoms with Crippen LogP contribution in [0.5, 0.6) is 5.75 Å². The highest BCUT2D eigenvalue weighted by molar-refractivity contribution is 6.47. The van der Waals surface area contributed by atoms with Gasteiger partial charge in [0.25, 0.3) is 0 Å². The molecule has 0 spiro atoms. The highest BCUT2D eigenvalue weighted by Gasteiger charge is 2.54. The fraction of sp³-hybridized carbons (Fsp3) is 0.550. The third-order valence-electron chi connectivity index (χ3n) is 5.18. The molecule has 1 N–H and O–H groups in total. The van der Waals surface area contributed by atoms with Crippen molar-refractivity contribution in [1.29, 1.82) is 0 Å². The molecule has 31 heavy (non-hydrogen) atoms. The maximum atomic E-state index is 13.6. The van der Waals surface area contributed by atoms with E-state index in [0.717, 1.165) is 0 Å². The number of hydrogen-bond acceptors (Lipinski definition) is 8. The molecule has 1 fully saturated rings. The molecule has 0 aliphatic carbocycles. The lowest BCUT2D eigenvalue weighted by Crippen LogP contribution is -2.40. The number of hydrogen-bond donors (Lipinski definition) is 1. The van der Waals surface area contributed by atoms with Gasteiger partial charge in [0.15, 0.2) is 0 Å². The predicted octanol–water partition coefficient (Wildman–Crippen LogP) is 2.66. The Balaban J connectivity index is 1.79. The van der Waals surface area contributed by atoms with Crippen molar-refractivity contribution in [1.82, 2.24) is 0 Å². The van der Waals surface area contributed by atoms with Crippen LogP contribution in [0.1, 0.15) is 56.5 Å². The molecule has 0 aromatic heterocycles. The lowest BCUT2D eigenvalue weighted by Gasteiger charge is -2.29. The molecule has 2 heterocycles. The number of ketones is 1. The molecule has 1 aromatic carbocycles. The number of halogens is 2. The maximum Gasteiger partial charge on any atom is 0.526 e. The summed E-state index contributed by atoms with van der Waals surface area (Å²) in [5, 5.41) is 10.3. The summed E-state index contributed by atoms with van der Waals surface area (Å²) in [6.45, 7) is 5.40. The Bertz CT molecular complexity index is 918. The highest BCUT2D eigenvalue weighted by atomic mass is 19.3. The number of cyclic esters (lactones) is 1. The third-order valence-corrected chi connectivity index (χ3v) is 5.18. The van der Waals surface area contributed by atoms with E-state index in [0.29, 0.717) is 5.56 Å². The molecule has 2 aliphatic heterocycles. The van der Waals surface area contributed by atoms with E-state index in [-0.39, 0.29) is 17.7 Å². The number of fused-ring (bicyclic) bond motifs is 1. The van der Waals surface area contributed by atoms with Crippen molar-refractivity contribution in [2.45, 2.75) is 70.3 Å². The van der Waals surface area contributed by atoms with Crippen LogP contribution >= 0.6 is 0 Å². The molecule has 0 radical (unpaired) electrons. The van der Waals surface area contributed by atoms with E-state index in [1.807, 2.05) is 0 Å². The van der Waals surface area contributed by atoms with E-state index in [2.05, 4.69) is 0 Å². The van der Waals surface area contributed by atoms with Crippen LogP contribution in [0, 0.1) is 0 Å². The number of carbonyl (C=O) groups excluding carboxylic acids is 3. The predicted molar refractivity (Wildman–Crippen MR) is 102 cm³/mol. The summed E-state index contributed by atoms with van der Waals surface area (Å²) in [7, 11) is -1.58. The van der Waals surface area contributed by atoms with Crippen molar-refractivity contribution in [2.24, 2.45) is 0 Å². The molecular weight excluding hydrogens is 417 g/mol. The first-order valence-corrected chi connectivity index (χ1v) is 9.82. The summed E-state index contributed by atoms with van der Waals surface area (Å²) in [4.78, 5) is 36.7. The maximum absolute atomic E-state index is 13.6. The van der Waals surface area contributed by atoms with Crippen molar-refractivity contribution in [2.75, 3.05) is 0 Å². The van der Waals surface area contributed by atoms with E-state index in [1.54, 1.807) is 6.07 Å². The van der Waals surface area contributed by atoms with Gasteiger partial charge in [-0.05, 0) is 18.1 Å². The monoisotopic (exact) mass is 440 g/mol. The minimum absolute atomic E-state index is 0.0137. The number of carbonyl (C=O) groups is 3. The van der Waals surface area contributed by atoms with Gasteiger partial charge in [-0.2, -0.15) is 8.78 Å². The van der Waals surface area contributed by atoms with E-state index in [4.69, 9.17) is 18.9 Å². The first-order chi connectivity index (χ1) is 14.3. The minimum atomic E-state index is -3.48. The smallest absolute Gasteiger partial charge is 0.526 e. The van der Waals surface area contributed by atoms with Gasteiger partial charge in [-0.3, -0.25) is 9.53 Å². The summed E-state index contributed by atoms with van der Waals surface area (Å²) in [5.74, 6) is -10.8. The van der Waals surface area contributed by atoms with Gasteiger partial charge in [-0.1, -0.05) is 19.1 Å². The standard InChI is InChI=1S/C20H23BF2O8/c1-5-20(22,23)14(24)10-12-9-11-7-6-8-13(15(11)30-21(12)27)16(25)28-19(4)17(26)29-18(2,3)31-19/h6-8,12,27H,5,9-10H2,1-4H3/t12-,19?/m1/s1. The average molecular weight is 440 g/mol. The summed E-state index contributed by atoms with van der Waals surface area (Å²) < 4.78 is 48.3. The number of benzene rings is 1. The van der Waals surface area contributed by atoms with Gasteiger partial charge >= 0.3 is 30.8 Å². The Morgan fingerprint density at radius 3 is 2.58 bits per heavy atom. The average Bonchev–Trinajstić information content (AvgIpc) is 2.87. The Hall–Kier alpha value is -2.53. The van der Waals surface area contributed by atoms with Crippen LogP contribution in [0.15, 0.2) is 18.2 Å². The molecule has 1 unspecified atom stereocenters. The second-order valence-electron chi connectivity index (χ2n) is 8.18. The summed E-state index contributed by atoms with van der Waals surface area (Å²) >= 11 is 0. The number of ether oxygens (including phenoxy) is 3. The highest BCUT2D eigenvalue weighted by Crippen LogP contribution is 2.39. The van der Waals surface area contributed by atoms with Crippen LogP contribution in [0.4, 0.5) is 8.78 Å². The second-order valence-corrected chi connectivity index (χ2v) is 8.18. The van der Waals surface area contributed by atoms with E-state index in [1.165, 1.54) is 39.8 Å². The van der Waals surface area contributed by atoms with Crippen LogP contribution in [0.25, 0.3) is 0 Å². The molecular formula is C20H23BF2O8. The van der Waals surface area contributed by atoms with Crippen LogP contribution < -0.4 is 4.65 Å². The molecule has 0 bridgehead atoms. The van der Waals surface area contributed by atoms with Crippen molar-refractivity contribution in [3.05, 3.63) is 29.3 Å². The van der Waals surface area contributed by atoms with Crippen molar-refractivity contribution >= 4 is 24.8 Å². The van der Waals surface area contributed by atoms with Crippen LogP contribution in [-0.2, 0) is 30.2 Å². The fourth-order valence-electron chi connectivity index (χ4n) is 3.55. The van der Waals surface area contributed by atoms with Gasteiger partial charge in [-0.15, -0.1) is 0 Å². The van der Waals surface area contributed by atoms with Crippen molar-refractivity contribution in [3.63, 3.8) is 0 Å². The third kappa shape index (κ3) is 4.57. The van der Waals surface area contributed by atoms with E-state index in [9.17, 15) is 28.2 Å². The molecule has 2 atom stereocenters. The number of esters is 2. The Morgan fingerprint density at radius 2 is 2.00 bits per heavy atom. The normalized spacial score (nSPS) is 24.8. The molecule has 0 saturated carbocycles. The van der Waals surface area contributed by atoms with Gasteiger partial charge in [-0.25, -0.2) is 9.59 Å². The topological polar surface area (TPSA) is 108 Å². The SMILES string of the molecule is CCC(F)(F)C(=O)C[C@H]1Cc2cccc(C(=O)OC3(C)OC(C)(C)OC3=O)c2OB1O. The van der Waals surface area contributed by atoms with Crippen molar-refractivity contribution in [3.8, 4) is 5.75 Å². The number of alkyl halides is 2. The van der Waals surface area contributed by atoms with Crippen LogP contribution in [-0.4, -0.2) is 47.4 Å². The molecule has 1 saturated heterocycles. The molecule has 3 rings (SSSR count). The van der Waals surface area contributed by atoms with Crippen LogP contribution in [0.2, 0.25) is 5.82 Å². The molecule has 2 aliphatic rings. The van der Waals surface area contributed by atoms with Gasteiger partial charge in [0.1, 0.15) is 11.3 Å². The summed E-state index contributed by atoms with van der Waals surface area (Å²) in [6, 6.07) is 4.45. The van der Waals surface area contributed by atoms with Gasteiger partial charge in [0.2, 0.25) is 11.6 Å². The zero-order valence-corrected chi connectivity index (χ0v) is 17.6. The van der Waals surface area contributed by atoms with Gasteiger partial charge in [0, 0.05) is 39.4 Å². The summed E-state index contributed by atoms with van der Waals surface area (Å²) in [6.07, 6.45) is -1.18. The molecule has 1 aromatic rings. The number of Topliss-reactive ketones (excluding diaryl/α,β-unsaturated/α-hetero) is 1. The molecule has 0 amide bonds. The van der Waals surface area contributed by atoms with E-state index >= 15 is 0 Å². The fourth-order valence-corrected chi connectivity index (χ4v) is 3.55. The lowest BCUT2D eigenvalue weighted by molar-refractivity contribution is -0.221. The second kappa shape index (κ2) is 7.87. The van der Waals surface area contributed by atoms with Gasteiger partial charge < -0.3 is 19.2 Å². The van der Waals surface area contributed by atoms with E-state index < -0.39 is 61.0 Å². The zero-order chi connectivity index (χ0) is 23.2. The number of para-hydroxylation sites is 1. The largest absolute Gasteiger partial charge is 0.535 e. The molecule has 168 valence electrons. The Kier molecular flexibility index (Phi) is 5.87. The van der Waals surface area contributed by atoms with Gasteiger partial charge in [0.05, 0.1) is 0 Å². The Morgan fingerprint density at radius 1 is 1.32 bits per heavy atom. The lowest BCUT2D eigenvalue weighted by atomic mass is 9.64. The summed E-state index contributed by atoms with van der Waals surface area (Å²) in [5.41, 5.74) is 0.334. The Labute approximate surface area is 177 Å². The molecule has 11 heteroatoms. The van der Waals surface area contributed by atoms with Crippen molar-refractivity contribution < 1.29 is 47.1 Å². The minimum Gasteiger partial charge on any atom is -0.535 e. The van der Waals surface area contributed by atoms with Crippen LogP contribution in [0.3, 0.4) is 0 Å². The quantitative estimate of drug-likeness (QED) is 0.532. The number of rotatable bonds is 6. The first-order valence-electron chi connectivity index (χ1n) is 9.82. The molecule has 8 nitrogen and oxygen atoms in total. The zero-order valence-electron chi connectivity index (χ0n) is 17.6. The first kappa shape index (κ1) is 23.1.